The first-order valence-corrected chi connectivity index (χ1v) is 12.0. The van der Waals surface area contributed by atoms with Crippen molar-refractivity contribution in [3.8, 4) is 5.75 Å². The summed E-state index contributed by atoms with van der Waals surface area (Å²) < 4.78 is 7.75. The molecule has 3 N–H and O–H groups in total. The van der Waals surface area contributed by atoms with Crippen LogP contribution < -0.4 is 15.8 Å². The highest BCUT2D eigenvalue weighted by Gasteiger charge is 2.11. The fourth-order valence-electron chi connectivity index (χ4n) is 4.00. The van der Waals surface area contributed by atoms with E-state index in [1.54, 1.807) is 12.1 Å². The van der Waals surface area contributed by atoms with Crippen LogP contribution in [0, 0.1) is 0 Å². The summed E-state index contributed by atoms with van der Waals surface area (Å²) in [4.78, 5) is 17.2. The number of aromatic nitrogens is 2. The van der Waals surface area contributed by atoms with Gasteiger partial charge < -0.3 is 20.4 Å². The summed E-state index contributed by atoms with van der Waals surface area (Å²) in [5, 5.41) is 2.95. The Morgan fingerprint density at radius 1 is 1.00 bits per heavy atom. The van der Waals surface area contributed by atoms with Gasteiger partial charge in [-0.15, -0.1) is 12.4 Å². The zero-order valence-corrected chi connectivity index (χ0v) is 20.9. The normalized spacial score (nSPS) is 10.7. The number of rotatable bonds is 11. The molecule has 1 aromatic heterocycles. The second-order valence-electron chi connectivity index (χ2n) is 8.45. The molecule has 35 heavy (non-hydrogen) atoms. The Morgan fingerprint density at radius 2 is 1.77 bits per heavy atom. The van der Waals surface area contributed by atoms with Gasteiger partial charge in [0.2, 0.25) is 5.95 Å². The van der Waals surface area contributed by atoms with Crippen molar-refractivity contribution >= 4 is 41.0 Å². The Hall–Kier alpha value is -3.51. The molecule has 0 atom stereocenters. The first kappa shape index (κ1) is 26.1. The molecule has 1 amide bonds. The van der Waals surface area contributed by atoms with Crippen molar-refractivity contribution in [1.82, 2.24) is 9.55 Å². The topological polar surface area (TPSA) is 82.2 Å². The zero-order valence-electron chi connectivity index (χ0n) is 20.1. The lowest BCUT2D eigenvalue weighted by Crippen LogP contribution is -2.11. The van der Waals surface area contributed by atoms with Gasteiger partial charge in [0.1, 0.15) is 5.75 Å². The number of amides is 1. The highest BCUT2D eigenvalue weighted by molar-refractivity contribution is 6.05. The molecule has 3 aromatic carbocycles. The molecule has 4 aromatic rings. The van der Waals surface area contributed by atoms with Gasteiger partial charge in [0.05, 0.1) is 17.6 Å². The summed E-state index contributed by atoms with van der Waals surface area (Å²) in [5.41, 5.74) is 10.5. The van der Waals surface area contributed by atoms with Crippen LogP contribution in [-0.2, 0) is 13.0 Å². The molecular weight excluding hydrogens is 460 g/mol. The van der Waals surface area contributed by atoms with Gasteiger partial charge in [0, 0.05) is 17.8 Å². The van der Waals surface area contributed by atoms with Crippen LogP contribution >= 0.6 is 12.4 Å². The number of aryl methyl sites for hydroxylation is 2. The van der Waals surface area contributed by atoms with E-state index in [4.69, 9.17) is 10.5 Å². The van der Waals surface area contributed by atoms with E-state index in [0.717, 1.165) is 55.4 Å². The summed E-state index contributed by atoms with van der Waals surface area (Å²) in [7, 11) is 0. The molecule has 0 bridgehead atoms. The SMILES string of the molecule is CCCCCOc1ccc(C(=O)Nc2ccc3c(c2)nc(N)n3CCCc2ccccc2)cc1.Cl. The molecule has 1 heterocycles. The Kier molecular flexibility index (Phi) is 9.56. The predicted octanol–water partition coefficient (Wildman–Crippen LogP) is 6.49. The number of unbranched alkanes of at least 4 members (excludes halogenated alkanes) is 2. The average molecular weight is 493 g/mol. The lowest BCUT2D eigenvalue weighted by atomic mass is 10.1. The molecule has 0 radical (unpaired) electrons. The van der Waals surface area contributed by atoms with Gasteiger partial charge >= 0.3 is 0 Å². The summed E-state index contributed by atoms with van der Waals surface area (Å²) >= 11 is 0. The number of hydrogen-bond donors (Lipinski definition) is 2. The van der Waals surface area contributed by atoms with Gasteiger partial charge in [-0.25, -0.2) is 4.98 Å². The van der Waals surface area contributed by atoms with Crippen LogP contribution in [0.2, 0.25) is 0 Å². The maximum absolute atomic E-state index is 12.7. The van der Waals surface area contributed by atoms with Gasteiger partial charge in [-0.1, -0.05) is 50.1 Å². The number of ether oxygens (including phenoxy) is 1. The molecule has 7 heteroatoms. The van der Waals surface area contributed by atoms with E-state index in [1.807, 2.05) is 41.0 Å². The molecule has 0 unspecified atom stereocenters. The molecule has 184 valence electrons. The molecule has 0 aliphatic heterocycles. The number of hydrogen-bond acceptors (Lipinski definition) is 4. The van der Waals surface area contributed by atoms with Crippen molar-refractivity contribution in [1.29, 1.82) is 0 Å². The average Bonchev–Trinajstić information content (AvgIpc) is 3.17. The largest absolute Gasteiger partial charge is 0.494 e. The Balaban J connectivity index is 0.00000342. The van der Waals surface area contributed by atoms with Crippen molar-refractivity contribution in [3.63, 3.8) is 0 Å². The first-order chi connectivity index (χ1) is 16.6. The molecule has 6 nitrogen and oxygen atoms in total. The van der Waals surface area contributed by atoms with E-state index in [1.165, 1.54) is 5.56 Å². The molecule has 0 spiro atoms. The fraction of sp³-hybridized carbons (Fsp3) is 0.286. The van der Waals surface area contributed by atoms with Crippen LogP contribution in [0.5, 0.6) is 5.75 Å². The van der Waals surface area contributed by atoms with Gasteiger partial charge in [0.15, 0.2) is 0 Å². The minimum Gasteiger partial charge on any atom is -0.494 e. The second-order valence-corrected chi connectivity index (χ2v) is 8.45. The van der Waals surface area contributed by atoms with E-state index in [2.05, 4.69) is 41.5 Å². The van der Waals surface area contributed by atoms with Crippen LogP contribution in [0.3, 0.4) is 0 Å². The van der Waals surface area contributed by atoms with Crippen LogP contribution in [0.1, 0.15) is 48.5 Å². The molecule has 0 saturated carbocycles. The van der Waals surface area contributed by atoms with Gasteiger partial charge in [-0.2, -0.15) is 0 Å². The third-order valence-electron chi connectivity index (χ3n) is 5.86. The van der Waals surface area contributed by atoms with Crippen LogP contribution in [0.4, 0.5) is 11.6 Å². The number of fused-ring (bicyclic) bond motifs is 1. The number of nitrogens with one attached hydrogen (secondary N) is 1. The zero-order chi connectivity index (χ0) is 23.8. The van der Waals surface area contributed by atoms with E-state index in [0.29, 0.717) is 23.8 Å². The number of anilines is 2. The maximum atomic E-state index is 12.7. The second kappa shape index (κ2) is 12.8. The molecule has 0 aliphatic carbocycles. The van der Waals surface area contributed by atoms with E-state index in [-0.39, 0.29) is 18.3 Å². The van der Waals surface area contributed by atoms with Gasteiger partial charge in [-0.05, 0) is 67.3 Å². The lowest BCUT2D eigenvalue weighted by Gasteiger charge is -2.09. The number of imidazole rings is 1. The fourth-order valence-corrected chi connectivity index (χ4v) is 4.00. The standard InChI is InChI=1S/C28H32N4O2.ClH/c1-2-3-7-19-34-24-15-12-22(13-16-24)27(33)30-23-14-17-26-25(20-23)31-28(29)32(26)18-8-11-21-9-5-4-6-10-21;/h4-6,9-10,12-17,20H,2-3,7-8,11,18-19H2,1H3,(H2,29,31)(H,30,33);1H. The van der Waals surface area contributed by atoms with Crippen molar-refractivity contribution in [2.24, 2.45) is 0 Å². The minimum atomic E-state index is -0.174. The highest BCUT2D eigenvalue weighted by Crippen LogP contribution is 2.23. The van der Waals surface area contributed by atoms with Crippen LogP contribution in [0.15, 0.2) is 72.8 Å². The minimum absolute atomic E-state index is 0. The summed E-state index contributed by atoms with van der Waals surface area (Å²) in [6.07, 6.45) is 5.30. The lowest BCUT2D eigenvalue weighted by molar-refractivity contribution is 0.102. The quantitative estimate of drug-likeness (QED) is 0.234. The molecule has 4 rings (SSSR count). The van der Waals surface area contributed by atoms with E-state index >= 15 is 0 Å². The van der Waals surface area contributed by atoms with E-state index < -0.39 is 0 Å². The Labute approximate surface area is 212 Å². The number of nitrogens with two attached hydrogens (primary N) is 1. The Morgan fingerprint density at radius 3 is 2.51 bits per heavy atom. The van der Waals surface area contributed by atoms with Gasteiger partial charge in [-0.3, -0.25) is 4.79 Å². The third-order valence-corrected chi connectivity index (χ3v) is 5.86. The molecular formula is C28H33ClN4O2. The van der Waals surface area contributed by atoms with Crippen LogP contribution in [-0.4, -0.2) is 22.1 Å². The number of halogens is 1. The van der Waals surface area contributed by atoms with Crippen LogP contribution in [0.25, 0.3) is 11.0 Å². The number of benzene rings is 3. The maximum Gasteiger partial charge on any atom is 0.255 e. The molecule has 0 fully saturated rings. The summed E-state index contributed by atoms with van der Waals surface area (Å²) in [6.45, 7) is 3.65. The summed E-state index contributed by atoms with van der Waals surface area (Å²) in [5.74, 6) is 1.09. The van der Waals surface area contributed by atoms with Crippen molar-refractivity contribution in [2.45, 2.75) is 45.6 Å². The number of carbonyl (C=O) groups is 1. The third kappa shape index (κ3) is 6.99. The molecule has 0 aliphatic rings. The monoisotopic (exact) mass is 492 g/mol. The molecule has 0 saturated heterocycles. The smallest absolute Gasteiger partial charge is 0.255 e. The number of nitrogens with zero attached hydrogens (tertiary/aromatic N) is 2. The predicted molar refractivity (Wildman–Crippen MR) is 146 cm³/mol. The Bertz CT molecular complexity index is 1220. The number of nitrogen functional groups attached to an aromatic ring is 1. The highest BCUT2D eigenvalue weighted by atomic mass is 35.5. The summed E-state index contributed by atoms with van der Waals surface area (Å²) in [6, 6.07) is 23.4. The van der Waals surface area contributed by atoms with Crippen molar-refractivity contribution in [3.05, 3.63) is 83.9 Å². The van der Waals surface area contributed by atoms with Crippen molar-refractivity contribution in [2.75, 3.05) is 17.7 Å². The first-order valence-electron chi connectivity index (χ1n) is 12.0. The van der Waals surface area contributed by atoms with E-state index in [9.17, 15) is 4.79 Å². The number of carbonyl (C=O) groups excluding carboxylic acids is 1. The van der Waals surface area contributed by atoms with Gasteiger partial charge in [0.25, 0.3) is 5.91 Å². The van der Waals surface area contributed by atoms with Crippen molar-refractivity contribution < 1.29 is 9.53 Å².